The zero-order valence-electron chi connectivity index (χ0n) is 3.62. The highest BCUT2D eigenvalue weighted by Crippen LogP contribution is 1.34. The van der Waals surface area contributed by atoms with Crippen molar-refractivity contribution in [2.24, 2.45) is 0 Å². The Bertz CT molecular complexity index is 8.85. The van der Waals surface area contributed by atoms with E-state index in [1.807, 2.05) is 7.05 Å². The molecule has 0 aliphatic heterocycles. The van der Waals surface area contributed by atoms with Gasteiger partial charge in [0.2, 0.25) is 0 Å². The van der Waals surface area contributed by atoms with Gasteiger partial charge in [-0.2, -0.15) is 0 Å². The molecule has 0 spiro atoms. The van der Waals surface area contributed by atoms with Crippen LogP contribution in [-0.4, -0.2) is 13.6 Å². The third kappa shape index (κ3) is 13.4. The van der Waals surface area contributed by atoms with Crippen LogP contribution in [0.5, 0.6) is 0 Å². The van der Waals surface area contributed by atoms with Gasteiger partial charge in [0, 0.05) is 13.5 Å². The largest absolute Gasteiger partial charge is 0.320 e. The second kappa shape index (κ2) is 8.85. The van der Waals surface area contributed by atoms with Gasteiger partial charge in [-0.05, 0) is 13.6 Å². The van der Waals surface area contributed by atoms with Gasteiger partial charge in [-0.3, -0.25) is 0 Å². The summed E-state index contributed by atoms with van der Waals surface area (Å²) in [4.78, 5) is 0. The van der Waals surface area contributed by atoms with Crippen LogP contribution in [0.4, 0.5) is 0 Å². The van der Waals surface area contributed by atoms with Crippen LogP contribution < -0.4 is 5.32 Å². The molecule has 0 heterocycles. The molecule has 0 aromatic heterocycles. The monoisotopic (exact) mass is 91.0 g/mol. The normalized spacial score (nSPS) is 6.00. The van der Waals surface area contributed by atoms with Crippen molar-refractivity contribution < 1.29 is 0 Å². The van der Waals surface area contributed by atoms with Crippen molar-refractivity contribution in [1.82, 2.24) is 5.32 Å². The van der Waals surface area contributed by atoms with E-state index in [4.69, 9.17) is 0 Å². The third-order valence-corrected chi connectivity index (χ3v) is 0.354. The Morgan fingerprint density at radius 3 is 1.80 bits per heavy atom. The lowest BCUT2D eigenvalue weighted by Gasteiger charge is -1.76. The van der Waals surface area contributed by atoms with Crippen LogP contribution in [0.25, 0.3) is 0 Å². The summed E-state index contributed by atoms with van der Waals surface area (Å²) in [6.07, 6.45) is 0. The third-order valence-electron chi connectivity index (χ3n) is 0.354. The minimum absolute atomic E-state index is 0. The van der Waals surface area contributed by atoms with Gasteiger partial charge >= 0.3 is 0 Å². The first-order valence-electron chi connectivity index (χ1n) is 1.56. The lowest BCUT2D eigenvalue weighted by atomic mass is 10.8. The van der Waals surface area contributed by atoms with Crippen LogP contribution in [0.2, 0.25) is 0 Å². The van der Waals surface area contributed by atoms with Crippen molar-refractivity contribution in [3.8, 4) is 0 Å². The van der Waals surface area contributed by atoms with Gasteiger partial charge in [0.05, 0.1) is 0 Å². The van der Waals surface area contributed by atoms with Gasteiger partial charge in [-0.1, -0.05) is 6.92 Å². The Morgan fingerprint density at radius 1 is 1.60 bits per heavy atom. The lowest BCUT2D eigenvalue weighted by molar-refractivity contribution is 0.864. The molecule has 0 aromatic rings. The van der Waals surface area contributed by atoms with E-state index < -0.39 is 0 Å². The highest BCUT2D eigenvalue weighted by Gasteiger charge is 1.50. The first-order valence-corrected chi connectivity index (χ1v) is 1.56. The van der Waals surface area contributed by atoms with E-state index in [0.717, 1.165) is 6.54 Å². The number of hydrogen-bond acceptors (Lipinski definition) is 1. The summed E-state index contributed by atoms with van der Waals surface area (Å²) in [6.45, 7) is 3.14. The molecule has 5 heavy (non-hydrogen) atoms. The van der Waals surface area contributed by atoms with E-state index in [0.29, 0.717) is 0 Å². The van der Waals surface area contributed by atoms with Crippen molar-refractivity contribution in [3.63, 3.8) is 0 Å². The van der Waals surface area contributed by atoms with Crippen LogP contribution in [0.3, 0.4) is 0 Å². The molecule has 0 saturated carbocycles. The molecule has 0 bridgehead atoms. The van der Waals surface area contributed by atoms with Crippen LogP contribution in [0, 0.1) is 0 Å². The molecule has 2 radical (unpaired) electrons. The maximum Gasteiger partial charge on any atom is 0 e. The molecule has 1 N–H and O–H groups in total. The molecule has 0 aromatic carbocycles. The molecule has 0 amide bonds. The van der Waals surface area contributed by atoms with E-state index >= 15 is 0 Å². The topological polar surface area (TPSA) is 12.0 Å². The smallest absolute Gasteiger partial charge is 0 e. The van der Waals surface area contributed by atoms with Crippen LogP contribution in [0.1, 0.15) is 6.92 Å². The second-order valence-corrected chi connectivity index (χ2v) is 0.707. The molecule has 0 aliphatic carbocycles. The molecule has 0 atom stereocenters. The molecule has 32 valence electrons. The van der Waals surface area contributed by atoms with Crippen molar-refractivity contribution in [2.75, 3.05) is 13.6 Å². The molecule has 0 fully saturated rings. The van der Waals surface area contributed by atoms with Crippen molar-refractivity contribution in [2.45, 2.75) is 6.92 Å². The minimum Gasteiger partial charge on any atom is -0.320 e. The average Bonchev–Trinajstić information content (AvgIpc) is 1.37. The van der Waals surface area contributed by atoms with Gasteiger partial charge in [0.25, 0.3) is 0 Å². The van der Waals surface area contributed by atoms with Crippen LogP contribution in [0.15, 0.2) is 0 Å². The predicted molar refractivity (Wildman–Crippen MR) is 27.2 cm³/mol. The minimum atomic E-state index is 0. The van der Waals surface area contributed by atoms with Gasteiger partial charge in [0.15, 0.2) is 0 Å². The number of rotatable bonds is 1. The standard InChI is InChI=1S/C3H9N.S/c1-3-4-2;/h4H,3H2,1-2H3;. The van der Waals surface area contributed by atoms with Crippen molar-refractivity contribution >= 4 is 13.5 Å². The average molecular weight is 91.2 g/mol. The van der Waals surface area contributed by atoms with Crippen LogP contribution >= 0.6 is 13.5 Å². The zero-order chi connectivity index (χ0) is 3.41. The number of hydrogen-bond donors (Lipinski definition) is 1. The summed E-state index contributed by atoms with van der Waals surface area (Å²) in [7, 11) is 1.93. The Balaban J connectivity index is 0. The predicted octanol–water partition coefficient (Wildman–Crippen LogP) is 0.874. The fourth-order valence-electron chi connectivity index (χ4n) is 0. The fourth-order valence-corrected chi connectivity index (χ4v) is 0. The molecule has 0 saturated heterocycles. The summed E-state index contributed by atoms with van der Waals surface area (Å²) in [5.74, 6) is 0. The Kier molecular flexibility index (Phi) is 15.9. The summed E-state index contributed by atoms with van der Waals surface area (Å²) in [5, 5.41) is 2.93. The van der Waals surface area contributed by atoms with Gasteiger partial charge < -0.3 is 5.32 Å². The lowest BCUT2D eigenvalue weighted by Crippen LogP contribution is -2.01. The van der Waals surface area contributed by atoms with E-state index in [1.54, 1.807) is 0 Å². The maximum absolute atomic E-state index is 2.93. The van der Waals surface area contributed by atoms with Crippen molar-refractivity contribution in [3.05, 3.63) is 0 Å². The molecular weight excluding hydrogens is 82.1 g/mol. The SMILES string of the molecule is CCNC.[S]. The van der Waals surface area contributed by atoms with Crippen molar-refractivity contribution in [1.29, 1.82) is 0 Å². The number of nitrogens with one attached hydrogen (secondary N) is 1. The zero-order valence-corrected chi connectivity index (χ0v) is 4.43. The Labute approximate surface area is 40.2 Å². The highest BCUT2D eigenvalue weighted by atomic mass is 32.1. The molecule has 1 nitrogen and oxygen atoms in total. The summed E-state index contributed by atoms with van der Waals surface area (Å²) >= 11 is 0. The summed E-state index contributed by atoms with van der Waals surface area (Å²) < 4.78 is 0. The molecule has 0 unspecified atom stereocenters. The molecule has 0 aliphatic rings. The Morgan fingerprint density at radius 2 is 1.80 bits per heavy atom. The highest BCUT2D eigenvalue weighted by molar-refractivity contribution is 7.59. The molecule has 0 rings (SSSR count). The van der Waals surface area contributed by atoms with Crippen LogP contribution in [-0.2, 0) is 0 Å². The molecule has 2 heteroatoms. The molecular formula is C3H9NS. The van der Waals surface area contributed by atoms with E-state index in [9.17, 15) is 0 Å². The van der Waals surface area contributed by atoms with Gasteiger partial charge in [0.1, 0.15) is 0 Å². The fraction of sp³-hybridized carbons (Fsp3) is 1.00. The van der Waals surface area contributed by atoms with E-state index in [-0.39, 0.29) is 13.5 Å². The van der Waals surface area contributed by atoms with E-state index in [2.05, 4.69) is 12.2 Å². The quantitative estimate of drug-likeness (QED) is 0.505. The first kappa shape index (κ1) is 9.00. The maximum atomic E-state index is 2.93. The summed E-state index contributed by atoms with van der Waals surface area (Å²) in [5.41, 5.74) is 0. The summed E-state index contributed by atoms with van der Waals surface area (Å²) in [6, 6.07) is 0. The van der Waals surface area contributed by atoms with E-state index in [1.165, 1.54) is 0 Å². The van der Waals surface area contributed by atoms with Gasteiger partial charge in [-0.25, -0.2) is 0 Å². The second-order valence-electron chi connectivity index (χ2n) is 0.707. The van der Waals surface area contributed by atoms with Gasteiger partial charge in [-0.15, -0.1) is 0 Å². The Hall–Kier alpha value is 0.310. The first-order chi connectivity index (χ1) is 1.91.